The van der Waals surface area contributed by atoms with Gasteiger partial charge in [0, 0.05) is 24.9 Å². The van der Waals surface area contributed by atoms with Crippen molar-refractivity contribution in [2.45, 2.75) is 65.5 Å². The molecule has 1 unspecified atom stereocenters. The minimum Gasteiger partial charge on any atom is -0.461 e. The van der Waals surface area contributed by atoms with Crippen molar-refractivity contribution in [1.82, 2.24) is 14.7 Å². The lowest BCUT2D eigenvalue weighted by atomic mass is 9.98. The number of rotatable bonds is 21. The predicted octanol–water partition coefficient (Wildman–Crippen LogP) is 5.55. The predicted molar refractivity (Wildman–Crippen MR) is 200 cm³/mol. The third kappa shape index (κ3) is 12.6. The number of imidazole rings is 1. The Kier molecular flexibility index (Phi) is 15.7. The number of esters is 1. The molecule has 0 amide bonds. The molecule has 1 aromatic heterocycles. The summed E-state index contributed by atoms with van der Waals surface area (Å²) in [4.78, 5) is 59.2. The summed E-state index contributed by atoms with van der Waals surface area (Å²) in [5.41, 5.74) is 10.6. The Labute approximate surface area is 325 Å². The summed E-state index contributed by atoms with van der Waals surface area (Å²) < 4.78 is 17.4. The minimum atomic E-state index is -1.07. The molecule has 4 N–H and O–H groups in total. The molecule has 0 radical (unpaired) electrons. The Balaban J connectivity index is 1.41. The van der Waals surface area contributed by atoms with Crippen LogP contribution in [-0.2, 0) is 50.1 Å². The van der Waals surface area contributed by atoms with Gasteiger partial charge in [-0.25, -0.2) is 20.4 Å². The summed E-state index contributed by atoms with van der Waals surface area (Å²) in [6.45, 7) is 3.12. The number of aromatic nitrogens is 2. The minimum absolute atomic E-state index is 0.000672. The van der Waals surface area contributed by atoms with Crippen LogP contribution in [-0.4, -0.2) is 62.2 Å². The normalized spacial score (nSPS) is 11.7. The summed E-state index contributed by atoms with van der Waals surface area (Å²) in [7, 11) is 0. The molecule has 0 aliphatic rings. The van der Waals surface area contributed by atoms with E-state index in [0.717, 1.165) is 34.6 Å². The summed E-state index contributed by atoms with van der Waals surface area (Å²) in [5.74, 6) is 6.04. The molecule has 0 bridgehead atoms. The fraction of sp³-hybridized carbons (Fsp3) is 0.333. The van der Waals surface area contributed by atoms with Gasteiger partial charge in [-0.3, -0.25) is 0 Å². The molecule has 20 heteroatoms. The lowest BCUT2D eigenvalue weighted by molar-refractivity contribution is -0.763. The summed E-state index contributed by atoms with van der Waals surface area (Å²) >= 11 is 6.43. The summed E-state index contributed by atoms with van der Waals surface area (Å²) in [5, 5.41) is 24.1. The number of ether oxygens (including phenoxy) is 3. The number of nitrogens with zero attached hydrogens (tertiary/aromatic N) is 6. The maximum atomic E-state index is 13.1. The molecule has 4 rings (SSSR count). The van der Waals surface area contributed by atoms with Gasteiger partial charge in [-0.1, -0.05) is 97.7 Å². The Morgan fingerprint density at radius 3 is 2.21 bits per heavy atom. The quantitative estimate of drug-likeness (QED) is 0.0153. The van der Waals surface area contributed by atoms with E-state index in [1.807, 2.05) is 43.3 Å². The molecule has 4 aromatic rings. The van der Waals surface area contributed by atoms with E-state index in [2.05, 4.69) is 19.8 Å². The van der Waals surface area contributed by atoms with Gasteiger partial charge in [0.15, 0.2) is 16.7 Å². The lowest BCUT2D eigenvalue weighted by Crippen LogP contribution is -2.40. The van der Waals surface area contributed by atoms with Crippen LogP contribution in [0.4, 0.5) is 4.79 Å². The van der Waals surface area contributed by atoms with Crippen LogP contribution in [0.3, 0.4) is 0 Å². The lowest BCUT2D eigenvalue weighted by Gasteiger charge is -2.21. The number of aryl methyl sites for hydroxylation is 1. The molecule has 0 aliphatic carbocycles. The fourth-order valence-electron chi connectivity index (χ4n) is 5.21. The molecule has 3 aromatic carbocycles. The van der Waals surface area contributed by atoms with Gasteiger partial charge in [-0.05, 0) is 41.2 Å². The van der Waals surface area contributed by atoms with Gasteiger partial charge in [0.25, 0.3) is 10.2 Å². The third-order valence-corrected chi connectivity index (χ3v) is 8.32. The maximum Gasteiger partial charge on any atom is 0.510 e. The fourth-order valence-corrected chi connectivity index (χ4v) is 5.48. The van der Waals surface area contributed by atoms with Crippen molar-refractivity contribution in [3.05, 3.63) is 132 Å². The standard InChI is InChI=1S/C36H41ClN8O11/c1-3-4-10-31-40-33(37)32(35(46)52-19-7-20-54-44(48)49)42(31)21-25-15-17-28(18-16-25)29-8-5-6-9-30(29)34(38)41-43(39)24(2)56-36(47)53-22-26-11-13-27(14-12-26)23-55-45(50)51/h5-6,8-9,11-18,24H,3-4,7,10,19-23,39H2,1-2H3,(H2,38,41). The number of carbonyl (C=O) groups excluding carboxylic acids is 2. The number of carbonyl (C=O) groups is 2. The zero-order chi connectivity index (χ0) is 40.6. The van der Waals surface area contributed by atoms with E-state index in [4.69, 9.17) is 37.4 Å². The number of unbranched alkanes of at least 4 members (excludes halogenated alkanes) is 1. The van der Waals surface area contributed by atoms with Crippen LogP contribution < -0.4 is 11.6 Å². The average Bonchev–Trinajstić information content (AvgIpc) is 3.49. The number of amidine groups is 1. The zero-order valence-electron chi connectivity index (χ0n) is 30.6. The van der Waals surface area contributed by atoms with Crippen molar-refractivity contribution in [1.29, 1.82) is 0 Å². The monoisotopic (exact) mass is 796 g/mol. The Hall–Kier alpha value is -6.47. The molecule has 0 saturated carbocycles. The van der Waals surface area contributed by atoms with Crippen molar-refractivity contribution >= 4 is 29.6 Å². The Bertz CT molecular complexity index is 1990. The van der Waals surface area contributed by atoms with Crippen molar-refractivity contribution in [2.24, 2.45) is 16.7 Å². The van der Waals surface area contributed by atoms with Crippen molar-refractivity contribution in [3.63, 3.8) is 0 Å². The zero-order valence-corrected chi connectivity index (χ0v) is 31.3. The van der Waals surface area contributed by atoms with Crippen LogP contribution in [0.1, 0.15) is 71.7 Å². The number of hydrogen-bond acceptors (Lipinski definition) is 15. The first-order valence-electron chi connectivity index (χ1n) is 17.3. The molecular formula is C36H41ClN8O11. The second kappa shape index (κ2) is 20.8. The smallest absolute Gasteiger partial charge is 0.461 e. The van der Waals surface area contributed by atoms with Gasteiger partial charge >= 0.3 is 12.1 Å². The van der Waals surface area contributed by atoms with E-state index >= 15 is 0 Å². The topological polar surface area (TPSA) is 252 Å². The Morgan fingerprint density at radius 1 is 0.911 bits per heavy atom. The van der Waals surface area contributed by atoms with E-state index in [-0.39, 0.29) is 56.1 Å². The number of halogens is 1. The van der Waals surface area contributed by atoms with Gasteiger partial charge in [0.2, 0.25) is 6.23 Å². The molecule has 298 valence electrons. The SMILES string of the molecule is CCCCc1nc(Cl)c(C(=O)OCCCO[N+](=O)[O-])n1Cc1ccc(-c2ccccc2/C(N)=N/N(N)C(C)OC(=O)OCc2ccc(CO[N+](=O)[O-])cc2)cc1. The maximum absolute atomic E-state index is 13.1. The number of hydrogen-bond donors (Lipinski definition) is 2. The number of hydrazine groups is 1. The summed E-state index contributed by atoms with van der Waals surface area (Å²) in [6, 6.07) is 21.2. The molecular weight excluding hydrogens is 756 g/mol. The number of hydrazone groups is 1. The van der Waals surface area contributed by atoms with Crippen molar-refractivity contribution < 1.29 is 43.6 Å². The highest BCUT2D eigenvalue weighted by Crippen LogP contribution is 2.26. The number of benzene rings is 3. The molecule has 1 atom stereocenters. The van der Waals surface area contributed by atoms with Crippen molar-refractivity contribution in [3.8, 4) is 11.1 Å². The van der Waals surface area contributed by atoms with Crippen LogP contribution >= 0.6 is 11.6 Å². The molecule has 1 heterocycles. The molecule has 0 fully saturated rings. The van der Waals surface area contributed by atoms with Crippen LogP contribution in [0.25, 0.3) is 11.1 Å². The van der Waals surface area contributed by atoms with E-state index in [1.54, 1.807) is 41.0 Å². The first-order chi connectivity index (χ1) is 26.9. The number of nitrogens with two attached hydrogens (primary N) is 2. The highest BCUT2D eigenvalue weighted by molar-refractivity contribution is 6.32. The van der Waals surface area contributed by atoms with E-state index in [0.29, 0.717) is 28.9 Å². The molecule has 0 spiro atoms. The van der Waals surface area contributed by atoms with Crippen LogP contribution in [0.15, 0.2) is 77.9 Å². The van der Waals surface area contributed by atoms with Crippen LogP contribution in [0.5, 0.6) is 0 Å². The van der Waals surface area contributed by atoms with Crippen molar-refractivity contribution in [2.75, 3.05) is 13.2 Å². The highest BCUT2D eigenvalue weighted by Gasteiger charge is 2.24. The van der Waals surface area contributed by atoms with Gasteiger partial charge in [-0.15, -0.1) is 25.3 Å². The first kappa shape index (κ1) is 42.3. The highest BCUT2D eigenvalue weighted by atomic mass is 35.5. The van der Waals surface area contributed by atoms with Gasteiger partial charge < -0.3 is 34.2 Å². The third-order valence-electron chi connectivity index (χ3n) is 8.06. The van der Waals surface area contributed by atoms with Gasteiger partial charge in [0.1, 0.15) is 19.0 Å². The van der Waals surface area contributed by atoms with Crippen LogP contribution in [0, 0.1) is 20.2 Å². The molecule has 0 aliphatic heterocycles. The Morgan fingerprint density at radius 2 is 1.55 bits per heavy atom. The van der Waals surface area contributed by atoms with E-state index in [9.17, 15) is 29.8 Å². The first-order valence-corrected chi connectivity index (χ1v) is 17.7. The average molecular weight is 797 g/mol. The van der Waals surface area contributed by atoms with Crippen LogP contribution in [0.2, 0.25) is 5.15 Å². The second-order valence-corrected chi connectivity index (χ2v) is 12.4. The molecule has 56 heavy (non-hydrogen) atoms. The largest absolute Gasteiger partial charge is 0.510 e. The second-order valence-electron chi connectivity index (χ2n) is 12.1. The van der Waals surface area contributed by atoms with Gasteiger partial charge in [-0.2, -0.15) is 5.12 Å². The van der Waals surface area contributed by atoms with E-state index < -0.39 is 28.5 Å². The van der Waals surface area contributed by atoms with Gasteiger partial charge in [0.05, 0.1) is 13.2 Å². The van der Waals surface area contributed by atoms with E-state index in [1.165, 1.54) is 6.92 Å². The molecule has 0 saturated heterocycles. The summed E-state index contributed by atoms with van der Waals surface area (Å²) in [6.07, 6.45) is 0.331. The molecule has 19 nitrogen and oxygen atoms in total.